The number of benzene rings is 1. The molecule has 0 radical (unpaired) electrons. The van der Waals surface area contributed by atoms with Gasteiger partial charge in [-0.25, -0.2) is 12.8 Å². The Balaban J connectivity index is 0.00000900. The molecule has 0 aromatic heterocycles. The van der Waals surface area contributed by atoms with E-state index >= 15 is 0 Å². The zero-order valence-corrected chi connectivity index (χ0v) is 21.9. The summed E-state index contributed by atoms with van der Waals surface area (Å²) in [5.41, 5.74) is 0.325. The predicted octanol–water partition coefficient (Wildman–Crippen LogP) is 3.00. The molecular weight excluding hydrogens is 538 g/mol. The number of rotatable bonds is 11. The van der Waals surface area contributed by atoms with Crippen LogP contribution in [-0.4, -0.2) is 76.3 Å². The summed E-state index contributed by atoms with van der Waals surface area (Å²) in [6.07, 6.45) is 0.531. The highest BCUT2D eigenvalue weighted by Crippen LogP contribution is 2.25. The maximum atomic E-state index is 13.8. The fourth-order valence-corrected chi connectivity index (χ4v) is 3.38. The smallest absolute Gasteiger partial charge is 0.306 e. The zero-order valence-electron chi connectivity index (χ0n) is 17.8. The van der Waals surface area contributed by atoms with Crippen molar-refractivity contribution in [1.29, 1.82) is 0 Å². The first-order valence-corrected chi connectivity index (χ1v) is 12.0. The first-order valence-electron chi connectivity index (χ1n) is 9.19. The molecule has 0 bridgehead atoms. The molecule has 1 N–H and O–H groups in total. The molecule has 0 spiro atoms. The van der Waals surface area contributed by atoms with Crippen molar-refractivity contribution in [2.24, 2.45) is 0 Å². The van der Waals surface area contributed by atoms with E-state index in [2.05, 4.69) is 5.32 Å². The van der Waals surface area contributed by atoms with Crippen LogP contribution in [0.3, 0.4) is 0 Å². The van der Waals surface area contributed by atoms with E-state index < -0.39 is 45.4 Å². The number of nitrogens with zero attached hydrogens (tertiary/aromatic N) is 1. The number of hydrogen-bond donors (Lipinski definition) is 1. The van der Waals surface area contributed by atoms with Crippen molar-refractivity contribution < 1.29 is 31.6 Å². The lowest BCUT2D eigenvalue weighted by molar-refractivity contribution is -0.870. The van der Waals surface area contributed by atoms with Gasteiger partial charge in [0.15, 0.2) is 14.7 Å². The van der Waals surface area contributed by atoms with E-state index in [9.17, 15) is 22.4 Å². The average molecular weight is 567 g/mol. The molecule has 1 aromatic rings. The van der Waals surface area contributed by atoms with Crippen LogP contribution in [0.1, 0.15) is 24.5 Å². The highest BCUT2D eigenvalue weighted by molar-refractivity contribution is 8.93. The summed E-state index contributed by atoms with van der Waals surface area (Å²) in [5, 5.41) is 2.32. The second kappa shape index (κ2) is 12.9. The molecule has 31 heavy (non-hydrogen) atoms. The largest absolute Gasteiger partial charge is 0.455 e. The Bertz CT molecular complexity index is 833. The second-order valence-electron chi connectivity index (χ2n) is 7.94. The summed E-state index contributed by atoms with van der Waals surface area (Å²) >= 11 is 11.0. The minimum atomic E-state index is -3.44. The number of quaternary nitrogens is 1. The number of esters is 1. The summed E-state index contributed by atoms with van der Waals surface area (Å²) in [6, 6.07) is 4.23. The third-order valence-electron chi connectivity index (χ3n) is 4.16. The van der Waals surface area contributed by atoms with Gasteiger partial charge < -0.3 is 14.5 Å². The van der Waals surface area contributed by atoms with E-state index in [0.29, 0.717) is 16.5 Å². The van der Waals surface area contributed by atoms with Gasteiger partial charge in [0.1, 0.15) is 12.8 Å². The number of carbonyl (C=O) groups is 2. The minimum absolute atomic E-state index is 0. The van der Waals surface area contributed by atoms with E-state index in [1.807, 2.05) is 21.1 Å². The van der Waals surface area contributed by atoms with Crippen LogP contribution in [0.15, 0.2) is 29.2 Å². The van der Waals surface area contributed by atoms with Crippen LogP contribution in [0, 0.1) is 0 Å². The molecule has 0 aliphatic rings. The van der Waals surface area contributed by atoms with Crippen molar-refractivity contribution >= 4 is 61.9 Å². The number of amides is 1. The molecule has 0 saturated heterocycles. The highest BCUT2D eigenvalue weighted by Gasteiger charge is 2.30. The number of nitrogens with one attached hydrogen (secondary N) is 1. The first kappa shape index (κ1) is 30.1. The van der Waals surface area contributed by atoms with Crippen LogP contribution < -0.4 is 5.32 Å². The number of carbonyl (C=O) groups excluding carboxylic acids is 2. The third-order valence-corrected chi connectivity index (χ3v) is 5.69. The topological polar surface area (TPSA) is 89.5 Å². The van der Waals surface area contributed by atoms with Gasteiger partial charge in [0.05, 0.1) is 45.0 Å². The molecule has 0 unspecified atom stereocenters. The Labute approximate surface area is 203 Å². The third kappa shape index (κ3) is 11.0. The normalized spacial score (nSPS) is 13.8. The lowest BCUT2D eigenvalue weighted by Gasteiger charge is -2.27. The Kier molecular flexibility index (Phi) is 12.5. The fraction of sp³-hybridized carbons (Fsp3) is 0.579. The molecule has 2 atom stereocenters. The number of halogens is 4. The molecule has 0 heterocycles. The van der Waals surface area contributed by atoms with Crippen molar-refractivity contribution in [3.8, 4) is 0 Å². The van der Waals surface area contributed by atoms with E-state index in [1.165, 1.54) is 24.3 Å². The average Bonchev–Trinajstić information content (AvgIpc) is 2.62. The van der Waals surface area contributed by atoms with Crippen LogP contribution in [0.25, 0.3) is 0 Å². The quantitative estimate of drug-likeness (QED) is 0.253. The van der Waals surface area contributed by atoms with Crippen LogP contribution in [0.2, 0.25) is 0 Å². The SMILES string of the molecule is Br.C[N+](C)(C)CCCC(=O)O[C@H](c1ccc(S(C)(=O)=O)cc1)[C@@H](CF)NC(=O)C(Cl)Cl. The van der Waals surface area contributed by atoms with Gasteiger partial charge in [0.25, 0.3) is 5.91 Å². The van der Waals surface area contributed by atoms with Gasteiger partial charge in [-0.05, 0) is 17.7 Å². The maximum absolute atomic E-state index is 13.8. The molecule has 1 aromatic carbocycles. The minimum Gasteiger partial charge on any atom is -0.455 e. The van der Waals surface area contributed by atoms with Gasteiger partial charge in [-0.2, -0.15) is 0 Å². The molecule has 12 heteroatoms. The van der Waals surface area contributed by atoms with E-state index in [-0.39, 0.29) is 28.3 Å². The van der Waals surface area contributed by atoms with E-state index in [1.54, 1.807) is 0 Å². The Morgan fingerprint density at radius 3 is 2.13 bits per heavy atom. The lowest BCUT2D eigenvalue weighted by atomic mass is 10.0. The first-order chi connectivity index (χ1) is 13.7. The van der Waals surface area contributed by atoms with Crippen molar-refractivity contribution in [2.75, 3.05) is 40.6 Å². The second-order valence-corrected chi connectivity index (χ2v) is 11.1. The van der Waals surface area contributed by atoms with Crippen molar-refractivity contribution in [3.05, 3.63) is 29.8 Å². The van der Waals surface area contributed by atoms with Crippen molar-refractivity contribution in [1.82, 2.24) is 5.32 Å². The molecule has 1 rings (SSSR count). The number of ether oxygens (including phenoxy) is 1. The Morgan fingerprint density at radius 1 is 1.16 bits per heavy atom. The molecule has 178 valence electrons. The molecule has 1 amide bonds. The predicted molar refractivity (Wildman–Crippen MR) is 124 cm³/mol. The summed E-state index contributed by atoms with van der Waals surface area (Å²) in [6.45, 7) is -0.330. The fourth-order valence-electron chi connectivity index (χ4n) is 2.63. The lowest BCUT2D eigenvalue weighted by Crippen LogP contribution is -2.44. The van der Waals surface area contributed by atoms with Crippen molar-refractivity contribution in [3.63, 3.8) is 0 Å². The zero-order chi connectivity index (χ0) is 23.1. The van der Waals surface area contributed by atoms with Gasteiger partial charge >= 0.3 is 5.97 Å². The molecule has 0 saturated carbocycles. The molecule has 0 fully saturated rings. The van der Waals surface area contributed by atoms with E-state index in [0.717, 1.165) is 12.8 Å². The monoisotopic (exact) mass is 565 g/mol. The Hall–Kier alpha value is -0.940. The van der Waals surface area contributed by atoms with Gasteiger partial charge in [0.2, 0.25) is 0 Å². The molecule has 7 nitrogen and oxygen atoms in total. The maximum Gasteiger partial charge on any atom is 0.306 e. The van der Waals surface area contributed by atoms with E-state index in [4.69, 9.17) is 27.9 Å². The van der Waals surface area contributed by atoms with Crippen LogP contribution in [0.5, 0.6) is 0 Å². The number of hydrogen-bond acceptors (Lipinski definition) is 5. The molecular formula is C19H29BrCl2FN2O5S+. The van der Waals surface area contributed by atoms with Crippen LogP contribution in [-0.2, 0) is 24.2 Å². The summed E-state index contributed by atoms with van der Waals surface area (Å²) in [7, 11) is 2.52. The number of alkyl halides is 3. The summed E-state index contributed by atoms with van der Waals surface area (Å²) in [5.74, 6) is -1.40. The number of sulfone groups is 1. The van der Waals surface area contributed by atoms with Gasteiger partial charge in [-0.1, -0.05) is 35.3 Å². The Morgan fingerprint density at radius 2 is 1.71 bits per heavy atom. The van der Waals surface area contributed by atoms with Crippen LogP contribution >= 0.6 is 40.2 Å². The van der Waals surface area contributed by atoms with Gasteiger partial charge in [-0.3, -0.25) is 9.59 Å². The van der Waals surface area contributed by atoms with Crippen LogP contribution in [0.4, 0.5) is 4.39 Å². The summed E-state index contributed by atoms with van der Waals surface area (Å²) < 4.78 is 43.2. The van der Waals surface area contributed by atoms with Gasteiger partial charge in [-0.15, -0.1) is 17.0 Å². The highest BCUT2D eigenvalue weighted by atomic mass is 79.9. The standard InChI is InChI=1S/C19H27Cl2FN2O5S.BrH/c1-24(2,3)11-5-6-16(25)29-17(15(12-22)23-19(26)18(20)21)13-7-9-14(10-8-13)30(4,27)28;/h7-10,15,17-18H,5-6,11-12H2,1-4H3;1H/p+1/t15-,17-;/m1./s1. The molecule has 0 aliphatic heterocycles. The summed E-state index contributed by atoms with van der Waals surface area (Å²) in [4.78, 5) is 22.8. The van der Waals surface area contributed by atoms with Gasteiger partial charge in [0, 0.05) is 12.7 Å². The van der Waals surface area contributed by atoms with Crippen molar-refractivity contribution in [2.45, 2.75) is 34.7 Å². The molecule has 0 aliphatic carbocycles.